The molecule has 0 aromatic carbocycles. The monoisotopic (exact) mass is 402 g/mol. The Morgan fingerprint density at radius 1 is 1.10 bits per heavy atom. The standard InChI is InChI=1S/C25H42O.C3H8/c1-20(2)25(16-6-17-25)19-23-12-14-24(15-13-23)26-18-5-4-7-22-10-8-21(3)9-11-22;1-3-2/h10,21,23-24H,1,4-9,11-19H2,2-3H3;3H2,1-2H3. The molecule has 3 rings (SSSR count). The highest BCUT2D eigenvalue weighted by Gasteiger charge is 2.40. The van der Waals surface area contributed by atoms with Gasteiger partial charge in [0.05, 0.1) is 6.10 Å². The molecule has 0 aromatic heterocycles. The van der Waals surface area contributed by atoms with E-state index in [9.17, 15) is 0 Å². The fourth-order valence-electron chi connectivity index (χ4n) is 5.41. The maximum absolute atomic E-state index is 6.22. The summed E-state index contributed by atoms with van der Waals surface area (Å²) in [4.78, 5) is 0. The van der Waals surface area contributed by atoms with Gasteiger partial charge in [0.1, 0.15) is 0 Å². The van der Waals surface area contributed by atoms with Crippen molar-refractivity contribution in [1.29, 1.82) is 0 Å². The second kappa shape index (κ2) is 13.0. The van der Waals surface area contributed by atoms with Crippen molar-refractivity contribution in [2.75, 3.05) is 6.61 Å². The first-order valence-corrected chi connectivity index (χ1v) is 12.9. The van der Waals surface area contributed by atoms with Crippen LogP contribution in [-0.4, -0.2) is 12.7 Å². The lowest BCUT2D eigenvalue weighted by Crippen LogP contribution is -2.34. The van der Waals surface area contributed by atoms with Crippen LogP contribution in [0.4, 0.5) is 0 Å². The highest BCUT2D eigenvalue weighted by molar-refractivity contribution is 5.12. The first-order valence-electron chi connectivity index (χ1n) is 12.9. The lowest BCUT2D eigenvalue weighted by molar-refractivity contribution is 0.00730. The Balaban J connectivity index is 0.000000941. The smallest absolute Gasteiger partial charge is 0.0575 e. The largest absolute Gasteiger partial charge is 0.378 e. The van der Waals surface area contributed by atoms with E-state index in [0.717, 1.165) is 18.4 Å². The zero-order chi connectivity index (χ0) is 21.1. The Bertz CT molecular complexity index is 490. The van der Waals surface area contributed by atoms with Gasteiger partial charge < -0.3 is 4.74 Å². The zero-order valence-electron chi connectivity index (χ0n) is 20.2. The molecule has 1 unspecified atom stereocenters. The van der Waals surface area contributed by atoms with E-state index >= 15 is 0 Å². The van der Waals surface area contributed by atoms with E-state index in [-0.39, 0.29) is 0 Å². The molecule has 3 aliphatic carbocycles. The van der Waals surface area contributed by atoms with Gasteiger partial charge in [-0.2, -0.15) is 0 Å². The van der Waals surface area contributed by atoms with Crippen LogP contribution in [-0.2, 0) is 4.74 Å². The van der Waals surface area contributed by atoms with E-state index in [4.69, 9.17) is 4.74 Å². The molecule has 0 aliphatic heterocycles. The van der Waals surface area contributed by atoms with Crippen LogP contribution >= 0.6 is 0 Å². The van der Waals surface area contributed by atoms with Gasteiger partial charge in [0.15, 0.2) is 0 Å². The van der Waals surface area contributed by atoms with Crippen molar-refractivity contribution in [2.45, 2.75) is 130 Å². The number of hydrogen-bond acceptors (Lipinski definition) is 1. The minimum atomic E-state index is 0.518. The van der Waals surface area contributed by atoms with E-state index in [0.29, 0.717) is 11.5 Å². The van der Waals surface area contributed by atoms with Crippen LogP contribution in [0.15, 0.2) is 23.8 Å². The molecule has 1 nitrogen and oxygen atoms in total. The molecule has 0 aromatic rings. The lowest BCUT2D eigenvalue weighted by Gasteiger charge is -2.46. The summed E-state index contributed by atoms with van der Waals surface area (Å²) < 4.78 is 6.22. The maximum Gasteiger partial charge on any atom is 0.0575 e. The summed E-state index contributed by atoms with van der Waals surface area (Å²) in [5.74, 6) is 1.83. The fraction of sp³-hybridized carbons (Fsp3) is 0.857. The molecule has 0 heterocycles. The quantitative estimate of drug-likeness (QED) is 0.276. The van der Waals surface area contributed by atoms with Gasteiger partial charge in [0.2, 0.25) is 0 Å². The highest BCUT2D eigenvalue weighted by atomic mass is 16.5. The molecule has 0 spiro atoms. The van der Waals surface area contributed by atoms with E-state index in [2.05, 4.69) is 40.3 Å². The third-order valence-corrected chi connectivity index (χ3v) is 7.70. The molecule has 0 radical (unpaired) electrons. The van der Waals surface area contributed by atoms with Crippen molar-refractivity contribution >= 4 is 0 Å². The molecule has 168 valence electrons. The van der Waals surface area contributed by atoms with E-state index < -0.39 is 0 Å². The molecule has 3 aliphatic rings. The molecule has 2 fully saturated rings. The fourth-order valence-corrected chi connectivity index (χ4v) is 5.41. The molecular weight excluding hydrogens is 352 g/mol. The second-order valence-electron chi connectivity index (χ2n) is 10.5. The Kier molecular flexibility index (Phi) is 11.1. The number of allylic oxidation sites excluding steroid dienone is 3. The molecule has 0 saturated heterocycles. The highest BCUT2D eigenvalue weighted by Crippen LogP contribution is 2.52. The molecule has 2 saturated carbocycles. The van der Waals surface area contributed by atoms with Crippen LogP contribution in [0.1, 0.15) is 124 Å². The van der Waals surface area contributed by atoms with Gasteiger partial charge in [-0.1, -0.05) is 57.4 Å². The van der Waals surface area contributed by atoms with Crippen LogP contribution in [0, 0.1) is 17.3 Å². The average Bonchev–Trinajstić information content (AvgIpc) is 2.67. The average molecular weight is 403 g/mol. The molecular formula is C28H50O. The van der Waals surface area contributed by atoms with Crippen molar-refractivity contribution in [1.82, 2.24) is 0 Å². The van der Waals surface area contributed by atoms with Crippen LogP contribution < -0.4 is 0 Å². The Morgan fingerprint density at radius 3 is 2.31 bits per heavy atom. The minimum absolute atomic E-state index is 0.518. The van der Waals surface area contributed by atoms with Crippen LogP contribution in [0.5, 0.6) is 0 Å². The summed E-state index contributed by atoms with van der Waals surface area (Å²) in [6.07, 6.45) is 23.2. The normalized spacial score (nSPS) is 28.6. The topological polar surface area (TPSA) is 9.23 Å². The van der Waals surface area contributed by atoms with Crippen LogP contribution in [0.25, 0.3) is 0 Å². The maximum atomic E-state index is 6.22. The Morgan fingerprint density at radius 2 is 1.79 bits per heavy atom. The van der Waals surface area contributed by atoms with Gasteiger partial charge in [-0.05, 0) is 108 Å². The number of hydrogen-bond donors (Lipinski definition) is 0. The molecule has 1 atom stereocenters. The van der Waals surface area contributed by atoms with Gasteiger partial charge in [-0.15, -0.1) is 0 Å². The molecule has 29 heavy (non-hydrogen) atoms. The first kappa shape index (κ1) is 24.7. The summed E-state index contributed by atoms with van der Waals surface area (Å²) in [7, 11) is 0. The van der Waals surface area contributed by atoms with Crippen LogP contribution in [0.2, 0.25) is 0 Å². The lowest BCUT2D eigenvalue weighted by atomic mass is 9.59. The Hall–Kier alpha value is -0.560. The van der Waals surface area contributed by atoms with Crippen molar-refractivity contribution in [3.8, 4) is 0 Å². The van der Waals surface area contributed by atoms with Crippen molar-refractivity contribution in [3.05, 3.63) is 23.8 Å². The Labute approximate surface area is 182 Å². The predicted octanol–water partition coefficient (Wildman–Crippen LogP) is 9.03. The zero-order valence-corrected chi connectivity index (χ0v) is 20.2. The SMILES string of the molecule is C=C(C)C1(CC2CCC(OCCCCC3=CCC(C)CC3)CC2)CCC1.CCC. The second-order valence-corrected chi connectivity index (χ2v) is 10.5. The number of ether oxygens (including phenoxy) is 1. The summed E-state index contributed by atoms with van der Waals surface area (Å²) >= 11 is 0. The summed E-state index contributed by atoms with van der Waals surface area (Å²) in [6.45, 7) is 14.2. The van der Waals surface area contributed by atoms with E-state index in [1.807, 2.05) is 0 Å². The summed E-state index contributed by atoms with van der Waals surface area (Å²) in [5.41, 5.74) is 3.68. The van der Waals surface area contributed by atoms with Crippen LogP contribution in [0.3, 0.4) is 0 Å². The van der Waals surface area contributed by atoms with Gasteiger partial charge >= 0.3 is 0 Å². The van der Waals surface area contributed by atoms with Crippen molar-refractivity contribution in [2.24, 2.45) is 17.3 Å². The number of unbranched alkanes of at least 4 members (excludes halogenated alkanes) is 1. The molecule has 0 amide bonds. The van der Waals surface area contributed by atoms with E-state index in [1.165, 1.54) is 102 Å². The van der Waals surface area contributed by atoms with Gasteiger partial charge in [0.25, 0.3) is 0 Å². The predicted molar refractivity (Wildman–Crippen MR) is 128 cm³/mol. The summed E-state index contributed by atoms with van der Waals surface area (Å²) in [5, 5.41) is 0. The molecule has 0 N–H and O–H groups in total. The van der Waals surface area contributed by atoms with Gasteiger partial charge in [-0.25, -0.2) is 0 Å². The van der Waals surface area contributed by atoms with Gasteiger partial charge in [0, 0.05) is 6.61 Å². The third kappa shape index (κ3) is 8.23. The first-order chi connectivity index (χ1) is 14.0. The molecule has 1 heteroatoms. The molecule has 0 bridgehead atoms. The van der Waals surface area contributed by atoms with Gasteiger partial charge in [-0.3, -0.25) is 0 Å². The van der Waals surface area contributed by atoms with Crippen molar-refractivity contribution < 1.29 is 4.74 Å². The number of rotatable bonds is 9. The summed E-state index contributed by atoms with van der Waals surface area (Å²) in [6, 6.07) is 0. The third-order valence-electron chi connectivity index (χ3n) is 7.70. The van der Waals surface area contributed by atoms with Crippen molar-refractivity contribution in [3.63, 3.8) is 0 Å². The van der Waals surface area contributed by atoms with E-state index in [1.54, 1.807) is 5.57 Å². The minimum Gasteiger partial charge on any atom is -0.378 e.